The predicted molar refractivity (Wildman–Crippen MR) is 96.9 cm³/mol. The molecule has 1 fully saturated rings. The van der Waals surface area contributed by atoms with Crippen LogP contribution >= 0.6 is 0 Å². The molecule has 0 aromatic carbocycles. The lowest BCUT2D eigenvalue weighted by Gasteiger charge is -2.32. The predicted octanol–water partition coefficient (Wildman–Crippen LogP) is 1.94. The first kappa shape index (κ1) is 19.8. The minimum atomic E-state index is -1.03. The van der Waals surface area contributed by atoms with E-state index in [-0.39, 0.29) is 18.1 Å². The number of fused-ring (bicyclic) bond motifs is 1. The number of hydrogen-bond donors (Lipinski definition) is 2. The van der Waals surface area contributed by atoms with Crippen molar-refractivity contribution in [3.05, 3.63) is 0 Å². The lowest BCUT2D eigenvalue weighted by Crippen LogP contribution is -2.45. The highest BCUT2D eigenvalue weighted by Gasteiger charge is 2.48. The van der Waals surface area contributed by atoms with Gasteiger partial charge in [0.05, 0.1) is 31.5 Å². The molecule has 0 bridgehead atoms. The van der Waals surface area contributed by atoms with E-state index in [1.165, 1.54) is 0 Å². The second kappa shape index (κ2) is 9.22. The second-order valence-electron chi connectivity index (χ2n) is 7.33. The fraction of sp³-hybridized carbons (Fsp3) is 0.944. The van der Waals surface area contributed by atoms with Crippen LogP contribution in [0.3, 0.4) is 0 Å². The molecule has 0 aromatic rings. The van der Waals surface area contributed by atoms with Gasteiger partial charge in [-0.15, -0.1) is 0 Å². The van der Waals surface area contributed by atoms with Crippen LogP contribution in [0.15, 0.2) is 4.99 Å². The highest BCUT2D eigenvalue weighted by molar-refractivity contribution is 5.95. The molecule has 0 amide bonds. The molecule has 0 aromatic heterocycles. The van der Waals surface area contributed by atoms with E-state index in [2.05, 4.69) is 23.7 Å². The van der Waals surface area contributed by atoms with Crippen LogP contribution in [0.4, 0.5) is 4.39 Å². The first-order chi connectivity index (χ1) is 11.5. The highest BCUT2D eigenvalue weighted by Crippen LogP contribution is 2.34. The van der Waals surface area contributed by atoms with E-state index in [0.29, 0.717) is 25.6 Å². The van der Waals surface area contributed by atoms with E-state index in [1.54, 1.807) is 0 Å². The first-order valence-corrected chi connectivity index (χ1v) is 9.54. The summed E-state index contributed by atoms with van der Waals surface area (Å²) in [5.41, 5.74) is 12.6. The largest absolute Gasteiger partial charge is 0.374 e. The molecule has 0 saturated carbocycles. The average molecular weight is 343 g/mol. The molecule has 0 radical (unpaired) electrons. The van der Waals surface area contributed by atoms with Crippen LogP contribution in [0.25, 0.3) is 0 Å². The number of rotatable bonds is 11. The fourth-order valence-corrected chi connectivity index (χ4v) is 3.93. The summed E-state index contributed by atoms with van der Waals surface area (Å²) in [7, 11) is 0. The maximum Gasteiger partial charge on any atom is 0.134 e. The van der Waals surface area contributed by atoms with Gasteiger partial charge < -0.3 is 16.2 Å². The smallest absolute Gasteiger partial charge is 0.134 e. The Morgan fingerprint density at radius 3 is 2.79 bits per heavy atom. The Morgan fingerprint density at radius 1 is 1.42 bits per heavy atom. The Labute approximate surface area is 146 Å². The van der Waals surface area contributed by atoms with Crippen LogP contribution in [0.5, 0.6) is 0 Å². The standard InChI is InChI=1S/C18H35FN4O/c1-4-6-12(3)9-15(24-8-7-20)17(19)13(5-2)18-14-11-23(14)16(21)10-22-18/h12-17H,4-11,20-21H2,1-3H3/t12?,13?,14-,15+,16?,17?,23?/m1/s1. The normalized spacial score (nSPS) is 30.9. The van der Waals surface area contributed by atoms with Crippen molar-refractivity contribution in [2.45, 2.75) is 70.9 Å². The third kappa shape index (κ3) is 4.75. The van der Waals surface area contributed by atoms with Gasteiger partial charge in [0.2, 0.25) is 0 Å². The maximum absolute atomic E-state index is 15.4. The molecule has 2 heterocycles. The van der Waals surface area contributed by atoms with E-state index in [9.17, 15) is 0 Å². The Balaban J connectivity index is 2.05. The van der Waals surface area contributed by atoms with Crippen LogP contribution < -0.4 is 11.5 Å². The third-order valence-corrected chi connectivity index (χ3v) is 5.30. The minimum Gasteiger partial charge on any atom is -0.374 e. The molecular formula is C18H35FN4O. The Kier molecular flexibility index (Phi) is 7.60. The maximum atomic E-state index is 15.4. The van der Waals surface area contributed by atoms with Crippen molar-refractivity contribution >= 4 is 5.71 Å². The molecule has 2 rings (SSSR count). The highest BCUT2D eigenvalue weighted by atomic mass is 19.1. The number of ether oxygens (including phenoxy) is 1. The summed E-state index contributed by atoms with van der Waals surface area (Å²) in [6.45, 7) is 8.71. The van der Waals surface area contributed by atoms with Gasteiger partial charge in [0, 0.05) is 24.7 Å². The van der Waals surface area contributed by atoms with Gasteiger partial charge in [0.15, 0.2) is 0 Å². The van der Waals surface area contributed by atoms with Crippen molar-refractivity contribution in [2.24, 2.45) is 28.3 Å². The van der Waals surface area contributed by atoms with Gasteiger partial charge in [-0.1, -0.05) is 33.6 Å². The van der Waals surface area contributed by atoms with Crippen LogP contribution in [-0.4, -0.2) is 61.3 Å². The Bertz CT molecular complexity index is 420. The van der Waals surface area contributed by atoms with Crippen molar-refractivity contribution in [3.63, 3.8) is 0 Å². The lowest BCUT2D eigenvalue weighted by atomic mass is 9.85. The molecule has 0 spiro atoms. The molecule has 1 saturated heterocycles. The van der Waals surface area contributed by atoms with Crippen LogP contribution in [0.2, 0.25) is 0 Å². The quantitative estimate of drug-likeness (QED) is 0.563. The average Bonchev–Trinajstić information content (AvgIpc) is 3.35. The molecule has 2 aliphatic heterocycles. The SMILES string of the molecule is CCCC(C)C[C@H](OCCN)C(F)C(CC)C1=NCC(N)N2C[C@H]12. The first-order valence-electron chi connectivity index (χ1n) is 9.54. The van der Waals surface area contributed by atoms with Gasteiger partial charge in [0.25, 0.3) is 0 Å². The zero-order chi connectivity index (χ0) is 17.7. The van der Waals surface area contributed by atoms with Crippen LogP contribution in [-0.2, 0) is 4.74 Å². The molecular weight excluding hydrogens is 307 g/mol. The summed E-state index contributed by atoms with van der Waals surface area (Å²) in [6, 6.07) is 0.250. The number of hydrogen-bond acceptors (Lipinski definition) is 5. The number of alkyl halides is 1. The summed E-state index contributed by atoms with van der Waals surface area (Å²) < 4.78 is 21.3. The number of aliphatic imine (C=N–C) groups is 1. The Hall–Kier alpha value is -0.560. The van der Waals surface area contributed by atoms with Crippen molar-refractivity contribution in [1.29, 1.82) is 0 Å². The molecule has 4 N–H and O–H groups in total. The Morgan fingerprint density at radius 2 is 2.17 bits per heavy atom. The van der Waals surface area contributed by atoms with Crippen molar-refractivity contribution in [3.8, 4) is 0 Å². The van der Waals surface area contributed by atoms with E-state index in [1.807, 2.05) is 6.92 Å². The zero-order valence-corrected chi connectivity index (χ0v) is 15.5. The number of halogens is 1. The molecule has 24 heavy (non-hydrogen) atoms. The molecule has 5 nitrogen and oxygen atoms in total. The van der Waals surface area contributed by atoms with Gasteiger partial charge >= 0.3 is 0 Å². The van der Waals surface area contributed by atoms with Crippen molar-refractivity contribution in [1.82, 2.24) is 4.90 Å². The van der Waals surface area contributed by atoms with Gasteiger partial charge in [0.1, 0.15) is 6.17 Å². The second-order valence-corrected chi connectivity index (χ2v) is 7.33. The summed E-state index contributed by atoms with van der Waals surface area (Å²) in [5.74, 6) is 0.275. The molecule has 140 valence electrons. The van der Waals surface area contributed by atoms with Crippen LogP contribution in [0.1, 0.15) is 46.5 Å². The number of nitrogens with zero attached hydrogens (tertiary/aromatic N) is 2. The van der Waals surface area contributed by atoms with Gasteiger partial charge in [-0.05, 0) is 18.8 Å². The van der Waals surface area contributed by atoms with Gasteiger partial charge in [-0.25, -0.2) is 4.39 Å². The van der Waals surface area contributed by atoms with Crippen LogP contribution in [0, 0.1) is 11.8 Å². The van der Waals surface area contributed by atoms with E-state index in [0.717, 1.165) is 37.9 Å². The topological polar surface area (TPSA) is 76.6 Å². The molecule has 6 heteroatoms. The lowest BCUT2D eigenvalue weighted by molar-refractivity contribution is -0.0241. The number of nitrogens with two attached hydrogens (primary N) is 2. The van der Waals surface area contributed by atoms with Gasteiger partial charge in [-0.3, -0.25) is 9.89 Å². The summed E-state index contributed by atoms with van der Waals surface area (Å²) in [4.78, 5) is 6.83. The van der Waals surface area contributed by atoms with E-state index < -0.39 is 12.3 Å². The molecule has 0 aliphatic carbocycles. The summed E-state index contributed by atoms with van der Waals surface area (Å²) >= 11 is 0. The molecule has 5 unspecified atom stereocenters. The van der Waals surface area contributed by atoms with Gasteiger partial charge in [-0.2, -0.15) is 0 Å². The van der Waals surface area contributed by atoms with E-state index in [4.69, 9.17) is 16.2 Å². The zero-order valence-electron chi connectivity index (χ0n) is 15.5. The van der Waals surface area contributed by atoms with Crippen molar-refractivity contribution < 1.29 is 9.13 Å². The monoisotopic (exact) mass is 342 g/mol. The molecule has 2 aliphatic rings. The minimum absolute atomic E-state index is 0.00295. The molecule has 7 atom stereocenters. The van der Waals surface area contributed by atoms with E-state index >= 15 is 4.39 Å². The van der Waals surface area contributed by atoms with Crippen molar-refractivity contribution in [2.75, 3.05) is 26.2 Å². The summed E-state index contributed by atoms with van der Waals surface area (Å²) in [6.07, 6.45) is 2.26. The fourth-order valence-electron chi connectivity index (χ4n) is 3.93. The summed E-state index contributed by atoms with van der Waals surface area (Å²) in [5, 5.41) is 0. The third-order valence-electron chi connectivity index (χ3n) is 5.30.